The van der Waals surface area contributed by atoms with E-state index in [0.717, 1.165) is 17.7 Å². The first-order chi connectivity index (χ1) is 11.9. The molecule has 8 heteroatoms. The summed E-state index contributed by atoms with van der Waals surface area (Å²) >= 11 is 0. The molecule has 2 fully saturated rings. The van der Waals surface area contributed by atoms with E-state index in [-0.39, 0.29) is 30.9 Å². The Bertz CT molecular complexity index is 759. The Morgan fingerprint density at radius 3 is 2.68 bits per heavy atom. The van der Waals surface area contributed by atoms with E-state index in [9.17, 15) is 19.5 Å². The normalized spacial score (nSPS) is 31.4. The highest BCUT2D eigenvalue weighted by Gasteiger charge is 2.44. The molecule has 0 spiro atoms. The molecular formula is C17H19N3O5. The standard InChI is InChI=1S/C17H19N3O5/c18-8-5-10(6-8)25-9-1-2-11-12(7-9)17(24)20(16(11)23)13-3-4-14(21)19-15(13)22/h1-2,7-8,10,13,16,23H,3-6,18H2,(H,19,21,22). The molecule has 2 unspecified atom stereocenters. The van der Waals surface area contributed by atoms with E-state index in [1.54, 1.807) is 18.2 Å². The minimum absolute atomic E-state index is 0.0423. The number of hydrogen-bond donors (Lipinski definition) is 3. The predicted molar refractivity (Wildman–Crippen MR) is 85.4 cm³/mol. The van der Waals surface area contributed by atoms with Gasteiger partial charge in [0.05, 0.1) is 5.56 Å². The number of carbonyl (C=O) groups excluding carboxylic acids is 3. The summed E-state index contributed by atoms with van der Waals surface area (Å²) in [5.41, 5.74) is 6.50. The molecule has 4 N–H and O–H groups in total. The largest absolute Gasteiger partial charge is 0.490 e. The van der Waals surface area contributed by atoms with Crippen LogP contribution in [0.4, 0.5) is 0 Å². The molecular weight excluding hydrogens is 326 g/mol. The summed E-state index contributed by atoms with van der Waals surface area (Å²) in [4.78, 5) is 37.2. The van der Waals surface area contributed by atoms with E-state index in [1.165, 1.54) is 0 Å². The van der Waals surface area contributed by atoms with Crippen molar-refractivity contribution in [3.05, 3.63) is 29.3 Å². The molecule has 8 nitrogen and oxygen atoms in total. The van der Waals surface area contributed by atoms with Gasteiger partial charge < -0.3 is 15.6 Å². The Balaban J connectivity index is 1.55. The second kappa shape index (κ2) is 5.82. The number of imide groups is 1. The summed E-state index contributed by atoms with van der Waals surface area (Å²) in [5.74, 6) is -0.820. The number of aliphatic hydroxyl groups excluding tert-OH is 1. The number of carbonyl (C=O) groups is 3. The van der Waals surface area contributed by atoms with Gasteiger partial charge in [0.2, 0.25) is 11.8 Å². The first-order valence-electron chi connectivity index (χ1n) is 8.34. The smallest absolute Gasteiger partial charge is 0.257 e. The third kappa shape index (κ3) is 2.67. The molecule has 3 aliphatic rings. The number of aliphatic hydroxyl groups is 1. The van der Waals surface area contributed by atoms with Crippen LogP contribution < -0.4 is 15.8 Å². The van der Waals surface area contributed by atoms with Crippen molar-refractivity contribution in [3.8, 4) is 5.75 Å². The number of piperidine rings is 1. The molecule has 2 heterocycles. The summed E-state index contributed by atoms with van der Waals surface area (Å²) in [6.45, 7) is 0. The molecule has 3 amide bonds. The monoisotopic (exact) mass is 345 g/mol. The van der Waals surface area contributed by atoms with Crippen molar-refractivity contribution in [1.29, 1.82) is 0 Å². The zero-order chi connectivity index (χ0) is 17.7. The van der Waals surface area contributed by atoms with Crippen molar-refractivity contribution in [1.82, 2.24) is 10.2 Å². The number of nitrogens with zero attached hydrogens (tertiary/aromatic N) is 1. The number of amides is 3. The van der Waals surface area contributed by atoms with E-state index in [1.807, 2.05) is 0 Å². The molecule has 1 aromatic rings. The molecule has 1 aliphatic carbocycles. The fourth-order valence-corrected chi connectivity index (χ4v) is 3.57. The van der Waals surface area contributed by atoms with Gasteiger partial charge in [-0.1, -0.05) is 6.07 Å². The molecule has 0 radical (unpaired) electrons. The van der Waals surface area contributed by atoms with Crippen LogP contribution in [0.2, 0.25) is 0 Å². The lowest BCUT2D eigenvalue weighted by molar-refractivity contribution is -0.139. The summed E-state index contributed by atoms with van der Waals surface area (Å²) in [5, 5.41) is 12.7. The Morgan fingerprint density at radius 1 is 1.24 bits per heavy atom. The number of nitrogens with two attached hydrogens (primary N) is 1. The Morgan fingerprint density at radius 2 is 2.00 bits per heavy atom. The highest BCUT2D eigenvalue weighted by Crippen LogP contribution is 2.37. The summed E-state index contributed by atoms with van der Waals surface area (Å²) in [6.07, 6.45) is 0.717. The molecule has 2 aliphatic heterocycles. The van der Waals surface area contributed by atoms with Gasteiger partial charge in [-0.2, -0.15) is 0 Å². The van der Waals surface area contributed by atoms with Crippen LogP contribution in [-0.4, -0.2) is 45.9 Å². The molecule has 1 saturated heterocycles. The van der Waals surface area contributed by atoms with Crippen LogP contribution in [0.5, 0.6) is 5.75 Å². The summed E-state index contributed by atoms with van der Waals surface area (Å²) in [6, 6.07) is 4.23. The zero-order valence-electron chi connectivity index (χ0n) is 13.5. The van der Waals surface area contributed by atoms with Gasteiger partial charge in [0, 0.05) is 18.0 Å². The molecule has 132 valence electrons. The number of benzene rings is 1. The zero-order valence-corrected chi connectivity index (χ0v) is 13.5. The van der Waals surface area contributed by atoms with E-state index >= 15 is 0 Å². The second-order valence-corrected chi connectivity index (χ2v) is 6.77. The van der Waals surface area contributed by atoms with Gasteiger partial charge in [-0.25, -0.2) is 0 Å². The van der Waals surface area contributed by atoms with Crippen LogP contribution in [0.1, 0.15) is 47.8 Å². The van der Waals surface area contributed by atoms with Gasteiger partial charge in [0.1, 0.15) is 17.9 Å². The number of hydrogen-bond acceptors (Lipinski definition) is 6. The predicted octanol–water partition coefficient (Wildman–Crippen LogP) is -0.193. The number of fused-ring (bicyclic) bond motifs is 1. The minimum Gasteiger partial charge on any atom is -0.490 e. The van der Waals surface area contributed by atoms with Crippen molar-refractivity contribution in [3.63, 3.8) is 0 Å². The molecule has 1 aromatic carbocycles. The van der Waals surface area contributed by atoms with Crippen LogP contribution in [0.3, 0.4) is 0 Å². The minimum atomic E-state index is -1.21. The lowest BCUT2D eigenvalue weighted by Crippen LogP contribution is -2.53. The van der Waals surface area contributed by atoms with Crippen LogP contribution >= 0.6 is 0 Å². The maximum Gasteiger partial charge on any atom is 0.257 e. The van der Waals surface area contributed by atoms with Gasteiger partial charge >= 0.3 is 0 Å². The third-order valence-corrected chi connectivity index (χ3v) is 5.01. The summed E-state index contributed by atoms with van der Waals surface area (Å²) < 4.78 is 5.79. The van der Waals surface area contributed by atoms with E-state index < -0.39 is 24.1 Å². The van der Waals surface area contributed by atoms with Crippen molar-refractivity contribution in [2.45, 2.75) is 50.1 Å². The summed E-state index contributed by atoms with van der Waals surface area (Å²) in [7, 11) is 0. The SMILES string of the molecule is NC1CC(Oc2ccc3c(c2)C(=O)N(C2CCC(=O)NC2=O)C3O)C1. The number of rotatable bonds is 3. The Hall–Kier alpha value is -2.45. The van der Waals surface area contributed by atoms with Crippen LogP contribution in [0.15, 0.2) is 18.2 Å². The van der Waals surface area contributed by atoms with Gasteiger partial charge in [0.15, 0.2) is 6.23 Å². The van der Waals surface area contributed by atoms with Gasteiger partial charge in [-0.05, 0) is 31.4 Å². The van der Waals surface area contributed by atoms with E-state index in [4.69, 9.17) is 10.5 Å². The Kier molecular flexibility index (Phi) is 3.73. The van der Waals surface area contributed by atoms with Gasteiger partial charge in [-0.3, -0.25) is 24.6 Å². The highest BCUT2D eigenvalue weighted by atomic mass is 16.5. The first kappa shape index (κ1) is 16.0. The van der Waals surface area contributed by atoms with Crippen LogP contribution in [0.25, 0.3) is 0 Å². The van der Waals surface area contributed by atoms with Crippen molar-refractivity contribution >= 4 is 17.7 Å². The molecule has 0 bridgehead atoms. The molecule has 2 atom stereocenters. The lowest BCUT2D eigenvalue weighted by atomic mass is 9.90. The van der Waals surface area contributed by atoms with Gasteiger partial charge in [-0.15, -0.1) is 0 Å². The maximum atomic E-state index is 12.7. The van der Waals surface area contributed by atoms with E-state index in [2.05, 4.69) is 5.32 Å². The van der Waals surface area contributed by atoms with Crippen molar-refractivity contribution in [2.24, 2.45) is 5.73 Å². The maximum absolute atomic E-state index is 12.7. The molecule has 0 aromatic heterocycles. The quantitative estimate of drug-likeness (QED) is 0.653. The highest BCUT2D eigenvalue weighted by molar-refractivity contribution is 6.05. The average Bonchev–Trinajstić information content (AvgIpc) is 2.78. The van der Waals surface area contributed by atoms with E-state index in [0.29, 0.717) is 16.9 Å². The lowest BCUT2D eigenvalue weighted by Gasteiger charge is -2.32. The van der Waals surface area contributed by atoms with Crippen molar-refractivity contribution in [2.75, 3.05) is 0 Å². The van der Waals surface area contributed by atoms with Crippen molar-refractivity contribution < 1.29 is 24.2 Å². The molecule has 1 saturated carbocycles. The second-order valence-electron chi connectivity index (χ2n) is 6.77. The topological polar surface area (TPSA) is 122 Å². The fraction of sp³-hybridized carbons (Fsp3) is 0.471. The first-order valence-corrected chi connectivity index (χ1v) is 8.34. The third-order valence-electron chi connectivity index (χ3n) is 5.01. The molecule has 25 heavy (non-hydrogen) atoms. The van der Waals surface area contributed by atoms with Gasteiger partial charge in [0.25, 0.3) is 5.91 Å². The number of nitrogens with one attached hydrogen (secondary N) is 1. The average molecular weight is 345 g/mol. The van der Waals surface area contributed by atoms with Crippen LogP contribution in [-0.2, 0) is 9.59 Å². The van der Waals surface area contributed by atoms with Crippen LogP contribution in [0, 0.1) is 0 Å². The Labute approximate surface area is 143 Å². The number of ether oxygens (including phenoxy) is 1. The fourth-order valence-electron chi connectivity index (χ4n) is 3.57. The molecule has 4 rings (SSSR count).